The molecule has 1 rings (SSSR count). The van der Waals surface area contributed by atoms with Crippen LogP contribution in [0.3, 0.4) is 0 Å². The molecule has 0 saturated carbocycles. The highest BCUT2D eigenvalue weighted by atomic mass is 32.2. The first-order valence-electron chi connectivity index (χ1n) is 13.6. The maximum absolute atomic E-state index is 10.1. The molecule has 0 bridgehead atoms. The van der Waals surface area contributed by atoms with Crippen LogP contribution in [-0.4, -0.2) is 83.9 Å². The fourth-order valence-corrected chi connectivity index (χ4v) is 5.49. The Kier molecular flexibility index (Phi) is 20.0. The maximum atomic E-state index is 10.1. The summed E-state index contributed by atoms with van der Waals surface area (Å²) in [6.45, 7) is 3.14. The van der Waals surface area contributed by atoms with E-state index in [1.807, 2.05) is 0 Å². The quantitative estimate of drug-likeness (QED) is 0.163. The van der Waals surface area contributed by atoms with Crippen LogP contribution in [0.1, 0.15) is 96.8 Å². The molecule has 204 valence electrons. The molecular formula is C26H53NO6S. The Morgan fingerprint density at radius 3 is 1.88 bits per heavy atom. The van der Waals surface area contributed by atoms with E-state index in [9.17, 15) is 15.3 Å². The highest BCUT2D eigenvalue weighted by molar-refractivity contribution is 7.99. The van der Waals surface area contributed by atoms with Gasteiger partial charge in [-0.05, 0) is 6.42 Å². The van der Waals surface area contributed by atoms with Gasteiger partial charge >= 0.3 is 0 Å². The minimum absolute atomic E-state index is 0.107. The van der Waals surface area contributed by atoms with E-state index in [2.05, 4.69) is 6.92 Å². The number of hydrogen-bond donors (Lipinski definition) is 4. The second-order valence-corrected chi connectivity index (χ2v) is 10.8. The van der Waals surface area contributed by atoms with Crippen molar-refractivity contribution in [1.29, 1.82) is 0 Å². The lowest BCUT2D eigenvalue weighted by Gasteiger charge is -2.40. The van der Waals surface area contributed by atoms with Crippen LogP contribution in [0.2, 0.25) is 0 Å². The van der Waals surface area contributed by atoms with Crippen LogP contribution in [0, 0.1) is 0 Å². The molecule has 34 heavy (non-hydrogen) atoms. The van der Waals surface area contributed by atoms with Gasteiger partial charge in [-0.25, -0.2) is 0 Å². The first-order chi connectivity index (χ1) is 16.5. The molecule has 0 unspecified atom stereocenters. The fraction of sp³-hybridized carbons (Fsp3) is 1.00. The van der Waals surface area contributed by atoms with E-state index in [1.165, 1.54) is 95.2 Å². The summed E-state index contributed by atoms with van der Waals surface area (Å²) in [5.41, 5.74) is 5.47. The zero-order valence-corrected chi connectivity index (χ0v) is 22.6. The highest BCUT2D eigenvalue weighted by Crippen LogP contribution is 2.28. The van der Waals surface area contributed by atoms with Gasteiger partial charge in [-0.1, -0.05) is 90.4 Å². The van der Waals surface area contributed by atoms with Gasteiger partial charge in [0.05, 0.1) is 25.4 Å². The van der Waals surface area contributed by atoms with Crippen molar-refractivity contribution in [1.82, 2.24) is 0 Å². The zero-order chi connectivity index (χ0) is 25.0. The molecule has 7 nitrogen and oxygen atoms in total. The number of thioether (sulfide) groups is 1. The average Bonchev–Trinajstić information content (AvgIpc) is 2.85. The minimum Gasteiger partial charge on any atom is -0.394 e. The van der Waals surface area contributed by atoms with E-state index in [4.69, 9.17) is 19.9 Å². The summed E-state index contributed by atoms with van der Waals surface area (Å²) < 4.78 is 16.9. The van der Waals surface area contributed by atoms with E-state index >= 15 is 0 Å². The van der Waals surface area contributed by atoms with Crippen molar-refractivity contribution in [3.05, 3.63) is 0 Å². The van der Waals surface area contributed by atoms with Crippen molar-refractivity contribution in [2.75, 3.05) is 32.7 Å². The summed E-state index contributed by atoms with van der Waals surface area (Å²) in [6.07, 6.45) is 15.6. The predicted octanol–water partition coefficient (Wildman–Crippen LogP) is 4.00. The smallest absolute Gasteiger partial charge is 0.121 e. The molecule has 5 N–H and O–H groups in total. The number of rotatable bonds is 22. The molecular weight excluding hydrogens is 454 g/mol. The number of nitrogens with two attached hydrogens (primary N) is 1. The SMILES string of the molecule is CCCCCCCCCCCCCCCCOC[C@@H](CS[C@@H]1O[C@H](CO)[C@@H](O)[C@H](O)[C@H]1N)OC. The first kappa shape index (κ1) is 32.1. The highest BCUT2D eigenvalue weighted by Gasteiger charge is 2.42. The number of hydrogen-bond acceptors (Lipinski definition) is 8. The summed E-state index contributed by atoms with van der Waals surface area (Å²) in [6, 6.07) is -0.725. The van der Waals surface area contributed by atoms with Crippen LogP contribution in [0.15, 0.2) is 0 Å². The van der Waals surface area contributed by atoms with Crippen molar-refractivity contribution in [2.24, 2.45) is 5.73 Å². The molecule has 0 aromatic rings. The van der Waals surface area contributed by atoms with Crippen LogP contribution in [0.25, 0.3) is 0 Å². The lowest BCUT2D eigenvalue weighted by molar-refractivity contribution is -0.166. The van der Waals surface area contributed by atoms with Gasteiger partial charge in [0.1, 0.15) is 23.7 Å². The molecule has 1 aliphatic rings. The van der Waals surface area contributed by atoms with Crippen molar-refractivity contribution < 1.29 is 29.5 Å². The molecule has 8 heteroatoms. The third-order valence-electron chi connectivity index (χ3n) is 6.65. The van der Waals surface area contributed by atoms with E-state index in [0.717, 1.165) is 13.0 Å². The number of unbranched alkanes of at least 4 members (excludes halogenated alkanes) is 13. The third-order valence-corrected chi connectivity index (χ3v) is 7.97. The second-order valence-electron chi connectivity index (χ2n) is 9.65. The molecule has 0 aliphatic carbocycles. The van der Waals surface area contributed by atoms with Crippen molar-refractivity contribution in [3.8, 4) is 0 Å². The van der Waals surface area contributed by atoms with Crippen LogP contribution in [0.5, 0.6) is 0 Å². The lowest BCUT2D eigenvalue weighted by atomic mass is 9.99. The Hall–Kier alpha value is 0.0700. The van der Waals surface area contributed by atoms with Gasteiger partial charge in [-0.15, -0.1) is 11.8 Å². The fourth-order valence-electron chi connectivity index (χ4n) is 4.25. The van der Waals surface area contributed by atoms with Gasteiger partial charge in [0.2, 0.25) is 0 Å². The molecule has 0 aromatic carbocycles. The van der Waals surface area contributed by atoms with Crippen LogP contribution in [0.4, 0.5) is 0 Å². The number of aliphatic hydroxyl groups is 3. The number of methoxy groups -OCH3 is 1. The Morgan fingerprint density at radius 1 is 0.853 bits per heavy atom. The molecule has 0 radical (unpaired) electrons. The van der Waals surface area contributed by atoms with Crippen molar-refractivity contribution in [3.63, 3.8) is 0 Å². The normalized spacial score (nSPS) is 26.1. The van der Waals surface area contributed by atoms with E-state index in [0.29, 0.717) is 12.4 Å². The summed E-state index contributed by atoms with van der Waals surface area (Å²) in [5.74, 6) is 0.592. The topological polar surface area (TPSA) is 114 Å². The second kappa shape index (κ2) is 21.2. The van der Waals surface area contributed by atoms with Gasteiger partial charge in [0.25, 0.3) is 0 Å². The zero-order valence-electron chi connectivity index (χ0n) is 21.7. The molecule has 6 atom stereocenters. The van der Waals surface area contributed by atoms with Crippen LogP contribution < -0.4 is 5.73 Å². The molecule has 0 amide bonds. The molecule has 1 fully saturated rings. The van der Waals surface area contributed by atoms with Crippen molar-refractivity contribution in [2.45, 2.75) is 133 Å². The maximum Gasteiger partial charge on any atom is 0.121 e. The summed E-state index contributed by atoms with van der Waals surface area (Å²) >= 11 is 1.42. The van der Waals surface area contributed by atoms with Crippen LogP contribution >= 0.6 is 11.8 Å². The Labute approximate surface area is 212 Å². The molecule has 0 aromatic heterocycles. The minimum atomic E-state index is -1.18. The van der Waals surface area contributed by atoms with E-state index in [-0.39, 0.29) is 12.7 Å². The van der Waals surface area contributed by atoms with Crippen molar-refractivity contribution >= 4 is 11.8 Å². The van der Waals surface area contributed by atoms with E-state index < -0.39 is 29.8 Å². The lowest BCUT2D eigenvalue weighted by Crippen LogP contribution is -2.61. The number of aliphatic hydroxyl groups excluding tert-OH is 3. The molecule has 1 saturated heterocycles. The molecule has 1 heterocycles. The van der Waals surface area contributed by atoms with Gasteiger partial charge in [0.15, 0.2) is 0 Å². The van der Waals surface area contributed by atoms with E-state index in [1.54, 1.807) is 7.11 Å². The molecule has 0 spiro atoms. The Bertz CT molecular complexity index is 459. The Balaban J connectivity index is 1.97. The Morgan fingerprint density at radius 2 is 1.38 bits per heavy atom. The van der Waals surface area contributed by atoms with Crippen LogP contribution in [-0.2, 0) is 14.2 Å². The predicted molar refractivity (Wildman–Crippen MR) is 140 cm³/mol. The summed E-state index contributed by atoms with van der Waals surface area (Å²) in [7, 11) is 1.65. The standard InChI is InChI=1S/C26H53NO6S/c1-3-4-5-6-7-8-9-10-11-12-13-14-15-16-17-32-19-21(31-2)20-34-26-23(27)25(30)24(29)22(18-28)33-26/h21-26,28-30H,3-20,27H2,1-2H3/t21-,22+,23+,24+,25+,26-/m0/s1. The third kappa shape index (κ3) is 14.0. The summed E-state index contributed by atoms with van der Waals surface area (Å²) in [4.78, 5) is 0. The van der Waals surface area contributed by atoms with Gasteiger partial charge in [0, 0.05) is 19.5 Å². The monoisotopic (exact) mass is 507 g/mol. The van der Waals surface area contributed by atoms with Gasteiger partial charge in [-0.2, -0.15) is 0 Å². The summed E-state index contributed by atoms with van der Waals surface area (Å²) in [5, 5.41) is 29.3. The van der Waals surface area contributed by atoms with Gasteiger partial charge in [-0.3, -0.25) is 0 Å². The first-order valence-corrected chi connectivity index (χ1v) is 14.7. The average molecular weight is 508 g/mol. The van der Waals surface area contributed by atoms with Gasteiger partial charge < -0.3 is 35.3 Å². The molecule has 1 aliphatic heterocycles. The number of ether oxygens (including phenoxy) is 3. The largest absolute Gasteiger partial charge is 0.394 e.